The predicted molar refractivity (Wildman–Crippen MR) is 157 cm³/mol. The zero-order chi connectivity index (χ0) is 26.0. The zero-order valence-corrected chi connectivity index (χ0v) is 22.3. The van der Waals surface area contributed by atoms with Gasteiger partial charge in [-0.2, -0.15) is 0 Å². The molecule has 2 heterocycles. The first-order valence-electron chi connectivity index (χ1n) is 13.6. The summed E-state index contributed by atoms with van der Waals surface area (Å²) in [5, 5.41) is 4.44. The van der Waals surface area contributed by atoms with Crippen molar-refractivity contribution in [2.24, 2.45) is 9.98 Å². The third-order valence-corrected chi connectivity index (χ3v) is 7.98. The van der Waals surface area contributed by atoms with Crippen molar-refractivity contribution in [3.63, 3.8) is 0 Å². The molecule has 0 aliphatic carbocycles. The summed E-state index contributed by atoms with van der Waals surface area (Å²) in [6.07, 6.45) is 0. The van der Waals surface area contributed by atoms with Crippen LogP contribution >= 0.6 is 0 Å². The second-order valence-electron chi connectivity index (χ2n) is 11.0. The predicted octanol–water partition coefficient (Wildman–Crippen LogP) is 8.75. The van der Waals surface area contributed by atoms with Gasteiger partial charge in [-0.15, -0.1) is 0 Å². The second kappa shape index (κ2) is 8.63. The summed E-state index contributed by atoms with van der Waals surface area (Å²) in [6, 6.07) is 35.1. The molecule has 7 rings (SSSR count). The molecule has 0 bridgehead atoms. The molecule has 0 fully saturated rings. The topological polar surface area (TPSA) is 24.7 Å². The minimum absolute atomic E-state index is 0.392. The van der Waals surface area contributed by atoms with E-state index >= 15 is 0 Å². The lowest BCUT2D eigenvalue weighted by atomic mass is 9.81. The molecule has 184 valence electrons. The average Bonchev–Trinajstić information content (AvgIpc) is 3.50. The van der Waals surface area contributed by atoms with Crippen molar-refractivity contribution >= 4 is 11.4 Å². The summed E-state index contributed by atoms with van der Waals surface area (Å²) in [6.45, 7) is 9.13. The van der Waals surface area contributed by atoms with Crippen molar-refractivity contribution in [3.8, 4) is 33.4 Å². The summed E-state index contributed by atoms with van der Waals surface area (Å²) in [5.41, 5.74) is 12.3. The van der Waals surface area contributed by atoms with E-state index in [-0.39, 0.29) is 0 Å². The highest BCUT2D eigenvalue weighted by molar-refractivity contribution is 6.04. The Morgan fingerprint density at radius 3 is 1.87 bits per heavy atom. The summed E-state index contributed by atoms with van der Waals surface area (Å²) in [4.78, 5) is 10.3. The molecule has 0 saturated carbocycles. The van der Waals surface area contributed by atoms with Crippen molar-refractivity contribution in [1.29, 1.82) is 0 Å². The fraction of sp³-hybridized carbons (Fsp3) is 0.167. The molecular weight excluding hydrogens is 460 g/mol. The number of para-hydroxylation sites is 1. The molecule has 0 atom stereocenters. The molecule has 0 spiro atoms. The van der Waals surface area contributed by atoms with Gasteiger partial charge in [0.1, 0.15) is 0 Å². The van der Waals surface area contributed by atoms with Crippen LogP contribution in [0.15, 0.2) is 107 Å². The van der Waals surface area contributed by atoms with Crippen molar-refractivity contribution in [1.82, 2.24) is 0 Å². The van der Waals surface area contributed by atoms with Gasteiger partial charge >= 0.3 is 0 Å². The van der Waals surface area contributed by atoms with E-state index in [1.54, 1.807) is 0 Å². The van der Waals surface area contributed by atoms with Crippen LogP contribution in [0.2, 0.25) is 0 Å². The van der Waals surface area contributed by atoms with Crippen LogP contribution in [0.3, 0.4) is 0 Å². The summed E-state index contributed by atoms with van der Waals surface area (Å²) in [7, 11) is 0. The summed E-state index contributed by atoms with van der Waals surface area (Å²) < 4.78 is 0. The number of hydrogen-bond acceptors (Lipinski definition) is 2. The van der Waals surface area contributed by atoms with Gasteiger partial charge < -0.3 is 0 Å². The first-order chi connectivity index (χ1) is 18.5. The van der Waals surface area contributed by atoms with Crippen LogP contribution in [0.25, 0.3) is 33.4 Å². The Morgan fingerprint density at radius 1 is 0.447 bits per heavy atom. The first-order valence-corrected chi connectivity index (χ1v) is 13.6. The maximum Gasteiger partial charge on any atom is 0.0817 e. The number of benzene rings is 5. The van der Waals surface area contributed by atoms with E-state index in [1.165, 1.54) is 49.4 Å². The fourth-order valence-electron chi connectivity index (χ4n) is 6.22. The second-order valence-corrected chi connectivity index (χ2v) is 11.0. The van der Waals surface area contributed by atoms with Crippen molar-refractivity contribution < 1.29 is 0 Å². The van der Waals surface area contributed by atoms with E-state index in [0.29, 0.717) is 11.8 Å². The molecule has 5 aromatic carbocycles. The minimum Gasteiger partial charge on any atom is -0.248 e. The SMILES string of the molecule is CC(C)c1ccccc1-c1ccc2c(c1-c1ccccc1C(C)C)-c1c3c(ccc1=N2)=c1ccccc1=N3. The molecule has 2 nitrogen and oxygen atoms in total. The van der Waals surface area contributed by atoms with Crippen molar-refractivity contribution in [2.75, 3.05) is 0 Å². The van der Waals surface area contributed by atoms with Gasteiger partial charge in [0.05, 0.1) is 22.1 Å². The number of nitrogens with zero attached hydrogens (tertiary/aromatic N) is 2. The molecule has 2 heteroatoms. The molecule has 0 saturated heterocycles. The first kappa shape index (κ1) is 22.9. The average molecular weight is 491 g/mol. The standard InChI is InChI=1S/C36H30N2/c1-21(2)23-11-5-7-13-25(23)28-17-19-31-34(33(28)27-15-8-6-12-24(27)22(3)4)35-32(37-31)20-18-29-26-14-9-10-16-30(26)38-36(29)35/h5-22H,1-4H3. The monoisotopic (exact) mass is 490 g/mol. The lowest BCUT2D eigenvalue weighted by Crippen LogP contribution is -2.03. The Bertz CT molecular complexity index is 1980. The van der Waals surface area contributed by atoms with Crippen LogP contribution in [-0.2, 0) is 0 Å². The largest absolute Gasteiger partial charge is 0.248 e. The molecule has 38 heavy (non-hydrogen) atoms. The highest BCUT2D eigenvalue weighted by Crippen LogP contribution is 2.51. The van der Waals surface area contributed by atoms with Gasteiger partial charge in [-0.25, -0.2) is 9.98 Å². The lowest BCUT2D eigenvalue weighted by molar-refractivity contribution is 0.867. The third kappa shape index (κ3) is 3.33. The maximum atomic E-state index is 5.17. The van der Waals surface area contributed by atoms with Crippen LogP contribution in [0, 0.1) is 10.4 Å². The van der Waals surface area contributed by atoms with Gasteiger partial charge in [0.2, 0.25) is 0 Å². The van der Waals surface area contributed by atoms with Gasteiger partial charge in [0.25, 0.3) is 0 Å². The van der Waals surface area contributed by atoms with E-state index in [2.05, 4.69) is 125 Å². The van der Waals surface area contributed by atoms with Gasteiger partial charge in [0, 0.05) is 21.6 Å². The molecule has 0 radical (unpaired) electrons. The Labute approximate surface area is 223 Å². The summed E-state index contributed by atoms with van der Waals surface area (Å²) in [5.74, 6) is 0.807. The molecule has 5 aromatic rings. The minimum atomic E-state index is 0.392. The third-order valence-electron chi connectivity index (χ3n) is 7.98. The van der Waals surface area contributed by atoms with E-state index in [4.69, 9.17) is 9.98 Å². The maximum absolute atomic E-state index is 5.17. The number of hydrogen-bond donors (Lipinski definition) is 0. The quantitative estimate of drug-likeness (QED) is 0.236. The molecular formula is C36H30N2. The molecule has 0 amide bonds. The van der Waals surface area contributed by atoms with E-state index in [0.717, 1.165) is 27.7 Å². The highest BCUT2D eigenvalue weighted by Gasteiger charge is 2.28. The normalized spacial score (nSPS) is 12.6. The molecule has 0 N–H and O–H groups in total. The fourth-order valence-corrected chi connectivity index (χ4v) is 6.22. The van der Waals surface area contributed by atoms with Crippen LogP contribution in [0.1, 0.15) is 50.7 Å². The van der Waals surface area contributed by atoms with Gasteiger partial charge in [-0.3, -0.25) is 0 Å². The molecule has 2 aliphatic heterocycles. The van der Waals surface area contributed by atoms with E-state index in [1.807, 2.05) is 0 Å². The number of rotatable bonds is 4. The summed E-state index contributed by atoms with van der Waals surface area (Å²) >= 11 is 0. The van der Waals surface area contributed by atoms with Gasteiger partial charge in [-0.05, 0) is 69.5 Å². The zero-order valence-electron chi connectivity index (χ0n) is 22.3. The number of fused-ring (bicyclic) bond motifs is 6. The van der Waals surface area contributed by atoms with Crippen LogP contribution in [-0.4, -0.2) is 0 Å². The van der Waals surface area contributed by atoms with Crippen molar-refractivity contribution in [2.45, 2.75) is 39.5 Å². The van der Waals surface area contributed by atoms with Gasteiger partial charge in [-0.1, -0.05) is 100 Å². The molecule has 0 aromatic heterocycles. The molecule has 2 aliphatic rings. The Kier molecular flexibility index (Phi) is 5.19. The Hall–Kier alpha value is -4.30. The Morgan fingerprint density at radius 2 is 1.11 bits per heavy atom. The van der Waals surface area contributed by atoms with Crippen LogP contribution < -0.4 is 10.7 Å². The van der Waals surface area contributed by atoms with E-state index < -0.39 is 0 Å². The van der Waals surface area contributed by atoms with Crippen molar-refractivity contribution in [3.05, 3.63) is 129 Å². The Balaban J connectivity index is 1.64. The highest BCUT2D eigenvalue weighted by atomic mass is 14.8. The lowest BCUT2D eigenvalue weighted by Gasteiger charge is -2.22. The molecule has 0 unspecified atom stereocenters. The van der Waals surface area contributed by atoms with Crippen LogP contribution in [0.4, 0.5) is 11.4 Å². The van der Waals surface area contributed by atoms with Gasteiger partial charge in [0.15, 0.2) is 0 Å². The van der Waals surface area contributed by atoms with E-state index in [9.17, 15) is 0 Å². The van der Waals surface area contributed by atoms with Crippen LogP contribution in [0.5, 0.6) is 0 Å². The smallest absolute Gasteiger partial charge is 0.0817 e.